The molecule has 2 N–H and O–H groups in total. The van der Waals surface area contributed by atoms with Crippen LogP contribution < -0.4 is 15.4 Å². The maximum Gasteiger partial charge on any atom is 0.325 e. The zero-order valence-electron chi connectivity index (χ0n) is 16.8. The summed E-state index contributed by atoms with van der Waals surface area (Å²) >= 11 is 0. The van der Waals surface area contributed by atoms with Crippen LogP contribution in [0.5, 0.6) is 5.75 Å². The molecule has 1 aliphatic rings. The highest BCUT2D eigenvalue weighted by Crippen LogP contribution is 2.32. The summed E-state index contributed by atoms with van der Waals surface area (Å²) < 4.78 is 5.23. The van der Waals surface area contributed by atoms with E-state index < -0.39 is 23.0 Å². The van der Waals surface area contributed by atoms with Crippen molar-refractivity contribution in [2.45, 2.75) is 38.8 Å². The fraction of sp³-hybridized carbons (Fsp3) is 0.381. The fourth-order valence-corrected chi connectivity index (χ4v) is 3.30. The van der Waals surface area contributed by atoms with Crippen molar-refractivity contribution in [2.75, 3.05) is 13.7 Å². The molecule has 1 atom stereocenters. The highest BCUT2D eigenvalue weighted by atomic mass is 16.5. The Morgan fingerprint density at radius 2 is 1.79 bits per heavy atom. The molecule has 1 saturated heterocycles. The number of nitrogens with one attached hydrogen (secondary N) is 2. The van der Waals surface area contributed by atoms with Gasteiger partial charge >= 0.3 is 6.03 Å². The number of carbonyl (C=O) groups excluding carboxylic acids is 3. The summed E-state index contributed by atoms with van der Waals surface area (Å²) in [5.74, 6) is -0.0898. The van der Waals surface area contributed by atoms with E-state index in [1.165, 1.54) is 0 Å². The average Bonchev–Trinajstić information content (AvgIpc) is 2.83. The normalized spacial score (nSPS) is 19.7. The fourth-order valence-electron chi connectivity index (χ4n) is 3.30. The molecule has 3 rings (SSSR count). The zero-order chi connectivity index (χ0) is 20.7. The maximum absolute atomic E-state index is 13.0. The Morgan fingerprint density at radius 1 is 1.14 bits per heavy atom. The molecule has 0 radical (unpaired) electrons. The van der Waals surface area contributed by atoms with Gasteiger partial charge in [0.2, 0.25) is 5.91 Å². The molecule has 1 aliphatic heterocycles. The summed E-state index contributed by atoms with van der Waals surface area (Å²) in [5.41, 5.74) is -1.02. The number of fused-ring (bicyclic) bond motifs is 1. The summed E-state index contributed by atoms with van der Waals surface area (Å²) in [6, 6.07) is 10.6. The number of nitrogens with zero attached hydrogens (tertiary/aromatic N) is 1. The molecule has 28 heavy (non-hydrogen) atoms. The second-order valence-corrected chi connectivity index (χ2v) is 8.17. The predicted octanol–water partition coefficient (Wildman–Crippen LogP) is 2.53. The Bertz CT molecular complexity index is 964. The van der Waals surface area contributed by atoms with Gasteiger partial charge in [-0.2, -0.15) is 0 Å². The van der Waals surface area contributed by atoms with Crippen LogP contribution >= 0.6 is 0 Å². The summed E-state index contributed by atoms with van der Waals surface area (Å²) in [6.45, 7) is 6.85. The molecule has 7 heteroatoms. The Balaban J connectivity index is 1.87. The van der Waals surface area contributed by atoms with Gasteiger partial charge in [0.05, 0.1) is 7.11 Å². The summed E-state index contributed by atoms with van der Waals surface area (Å²) in [7, 11) is 1.60. The van der Waals surface area contributed by atoms with E-state index in [4.69, 9.17) is 4.74 Å². The Kier molecular flexibility index (Phi) is 4.79. The van der Waals surface area contributed by atoms with Crippen LogP contribution in [0, 0.1) is 0 Å². The number of urea groups is 1. The lowest BCUT2D eigenvalue weighted by molar-refractivity contribution is -0.135. The first-order valence-electron chi connectivity index (χ1n) is 9.07. The molecular formula is C21H25N3O4. The first kappa shape index (κ1) is 19.7. The molecule has 4 amide bonds. The van der Waals surface area contributed by atoms with Crippen molar-refractivity contribution >= 4 is 28.6 Å². The minimum Gasteiger partial charge on any atom is -0.497 e. The number of methoxy groups -OCH3 is 1. The van der Waals surface area contributed by atoms with Crippen LogP contribution in [0.4, 0.5) is 4.79 Å². The molecule has 7 nitrogen and oxygen atoms in total. The highest BCUT2D eigenvalue weighted by molar-refractivity contribution is 6.09. The Morgan fingerprint density at radius 3 is 2.43 bits per heavy atom. The number of rotatable bonds is 4. The summed E-state index contributed by atoms with van der Waals surface area (Å²) in [6.07, 6.45) is 0. The number of amides is 4. The zero-order valence-corrected chi connectivity index (χ0v) is 16.8. The molecule has 0 saturated carbocycles. The van der Waals surface area contributed by atoms with E-state index in [9.17, 15) is 14.4 Å². The third-order valence-corrected chi connectivity index (χ3v) is 4.72. The quantitative estimate of drug-likeness (QED) is 0.794. The maximum atomic E-state index is 13.0. The van der Waals surface area contributed by atoms with E-state index in [0.717, 1.165) is 21.4 Å². The van der Waals surface area contributed by atoms with Crippen LogP contribution in [-0.2, 0) is 15.1 Å². The van der Waals surface area contributed by atoms with E-state index in [-0.39, 0.29) is 12.5 Å². The Labute approximate surface area is 164 Å². The van der Waals surface area contributed by atoms with Crippen LogP contribution in [0.15, 0.2) is 36.4 Å². The first-order chi connectivity index (χ1) is 13.0. The number of hydrogen-bond acceptors (Lipinski definition) is 4. The second kappa shape index (κ2) is 6.82. The van der Waals surface area contributed by atoms with Gasteiger partial charge < -0.3 is 15.4 Å². The molecule has 2 aromatic rings. The number of benzene rings is 2. The minimum absolute atomic E-state index is 0.317. The summed E-state index contributed by atoms with van der Waals surface area (Å²) in [5, 5.41) is 7.38. The molecule has 1 heterocycles. The number of ether oxygens (including phenoxy) is 1. The summed E-state index contributed by atoms with van der Waals surface area (Å²) in [4.78, 5) is 38.6. The smallest absolute Gasteiger partial charge is 0.325 e. The van der Waals surface area contributed by atoms with Crippen molar-refractivity contribution in [1.29, 1.82) is 0 Å². The van der Waals surface area contributed by atoms with Gasteiger partial charge in [0.25, 0.3) is 5.91 Å². The van der Waals surface area contributed by atoms with Crippen LogP contribution in [-0.4, -0.2) is 41.9 Å². The van der Waals surface area contributed by atoms with Crippen LogP contribution in [0.25, 0.3) is 10.8 Å². The topological polar surface area (TPSA) is 87.7 Å². The predicted molar refractivity (Wildman–Crippen MR) is 106 cm³/mol. The molecule has 0 unspecified atom stereocenters. The first-order valence-corrected chi connectivity index (χ1v) is 9.07. The lowest BCUT2D eigenvalue weighted by Gasteiger charge is -2.24. The van der Waals surface area contributed by atoms with Gasteiger partial charge in [-0.05, 0) is 62.2 Å². The van der Waals surface area contributed by atoms with Gasteiger partial charge in [0.1, 0.15) is 17.8 Å². The van der Waals surface area contributed by atoms with Crippen LogP contribution in [0.3, 0.4) is 0 Å². The second-order valence-electron chi connectivity index (χ2n) is 8.17. The largest absolute Gasteiger partial charge is 0.497 e. The van der Waals surface area contributed by atoms with Gasteiger partial charge in [-0.3, -0.25) is 14.5 Å². The minimum atomic E-state index is -1.23. The molecule has 0 aromatic heterocycles. The van der Waals surface area contributed by atoms with Crippen LogP contribution in [0.1, 0.15) is 33.3 Å². The molecule has 0 bridgehead atoms. The molecule has 2 aromatic carbocycles. The van der Waals surface area contributed by atoms with Crippen molar-refractivity contribution in [3.05, 3.63) is 42.0 Å². The molecule has 1 fully saturated rings. The SMILES string of the molecule is COc1ccc2cc([C@@]3(C)NC(=O)N(CC(=O)NC(C)(C)C)C3=O)ccc2c1. The van der Waals surface area contributed by atoms with Gasteiger partial charge in [0, 0.05) is 5.54 Å². The highest BCUT2D eigenvalue weighted by Gasteiger charge is 2.49. The van der Waals surface area contributed by atoms with Crippen LogP contribution in [0.2, 0.25) is 0 Å². The third-order valence-electron chi connectivity index (χ3n) is 4.72. The lowest BCUT2D eigenvalue weighted by Crippen LogP contribution is -2.48. The van der Waals surface area contributed by atoms with E-state index in [1.807, 2.05) is 51.1 Å². The van der Waals surface area contributed by atoms with Gasteiger partial charge in [-0.1, -0.05) is 18.2 Å². The third kappa shape index (κ3) is 3.65. The molecule has 148 valence electrons. The van der Waals surface area contributed by atoms with Gasteiger partial charge in [-0.15, -0.1) is 0 Å². The van der Waals surface area contributed by atoms with E-state index in [0.29, 0.717) is 5.56 Å². The van der Waals surface area contributed by atoms with Crippen molar-refractivity contribution in [1.82, 2.24) is 15.5 Å². The van der Waals surface area contributed by atoms with Crippen molar-refractivity contribution < 1.29 is 19.1 Å². The standard InChI is InChI=1S/C21H25N3O4/c1-20(2,3)22-17(25)12-24-18(26)21(4,23-19(24)27)15-8-6-14-11-16(28-5)9-7-13(14)10-15/h6-11H,12H2,1-5H3,(H,22,25)(H,23,27)/t21-/m1/s1. The number of imide groups is 1. The van der Waals surface area contributed by atoms with E-state index in [2.05, 4.69) is 10.6 Å². The van der Waals surface area contributed by atoms with Crippen molar-refractivity contribution in [3.63, 3.8) is 0 Å². The van der Waals surface area contributed by atoms with E-state index >= 15 is 0 Å². The monoisotopic (exact) mass is 383 g/mol. The number of hydrogen-bond donors (Lipinski definition) is 2. The Hall–Kier alpha value is -3.09. The van der Waals surface area contributed by atoms with Crippen molar-refractivity contribution in [2.24, 2.45) is 0 Å². The molecule has 0 aliphatic carbocycles. The molecular weight excluding hydrogens is 358 g/mol. The van der Waals surface area contributed by atoms with Crippen molar-refractivity contribution in [3.8, 4) is 5.75 Å². The lowest BCUT2D eigenvalue weighted by atomic mass is 9.90. The van der Waals surface area contributed by atoms with Gasteiger partial charge in [0.15, 0.2) is 0 Å². The number of carbonyl (C=O) groups is 3. The molecule has 0 spiro atoms. The van der Waals surface area contributed by atoms with Gasteiger partial charge in [-0.25, -0.2) is 4.79 Å². The van der Waals surface area contributed by atoms with E-state index in [1.54, 1.807) is 20.1 Å². The average molecular weight is 383 g/mol.